The van der Waals surface area contributed by atoms with E-state index >= 15 is 0 Å². The van der Waals surface area contributed by atoms with Crippen LogP contribution in [0, 0.1) is 0 Å². The summed E-state index contributed by atoms with van der Waals surface area (Å²) in [6, 6.07) is 0. The number of hydrogen-bond acceptors (Lipinski definition) is 4. The zero-order valence-electron chi connectivity index (χ0n) is 11.8. The average Bonchev–Trinajstić information content (AvgIpc) is 2.34. The van der Waals surface area contributed by atoms with Gasteiger partial charge in [-0.25, -0.2) is 4.57 Å². The Morgan fingerprint density at radius 1 is 1.22 bits per heavy atom. The van der Waals surface area contributed by atoms with E-state index in [0.717, 1.165) is 12.8 Å². The molecule has 108 valence electrons. The molecule has 0 aromatic carbocycles. The zero-order chi connectivity index (χ0) is 14.0. The topological polar surface area (TPSA) is 67.9 Å². The first-order valence-electron chi connectivity index (χ1n) is 6.39. The lowest BCUT2D eigenvalue weighted by Crippen LogP contribution is -2.35. The van der Waals surface area contributed by atoms with E-state index in [2.05, 4.69) is 5.32 Å². The maximum atomic E-state index is 12.6. The van der Waals surface area contributed by atoms with Crippen LogP contribution in [-0.4, -0.2) is 43.9 Å². The fourth-order valence-corrected chi connectivity index (χ4v) is 3.14. The lowest BCUT2D eigenvalue weighted by molar-refractivity contribution is -0.121. The highest BCUT2D eigenvalue weighted by atomic mass is 31.2. The Labute approximate surface area is 110 Å². The molecule has 0 spiro atoms. The SMILES string of the molecule is CCCCN(CC(=O)NC)P(=O)(OCC)OCC. The summed E-state index contributed by atoms with van der Waals surface area (Å²) in [5.74, 6) is -0.203. The summed E-state index contributed by atoms with van der Waals surface area (Å²) in [7, 11) is -1.81. The molecule has 0 rings (SSSR count). The first-order chi connectivity index (χ1) is 8.53. The van der Waals surface area contributed by atoms with Crippen molar-refractivity contribution in [1.82, 2.24) is 9.99 Å². The summed E-state index contributed by atoms with van der Waals surface area (Å²) >= 11 is 0. The zero-order valence-corrected chi connectivity index (χ0v) is 12.7. The van der Waals surface area contributed by atoms with Crippen molar-refractivity contribution in [3.05, 3.63) is 0 Å². The Balaban J connectivity index is 4.84. The number of unbranched alkanes of at least 4 members (excludes halogenated alkanes) is 1. The Morgan fingerprint density at radius 3 is 2.17 bits per heavy atom. The van der Waals surface area contributed by atoms with Crippen molar-refractivity contribution in [3.63, 3.8) is 0 Å². The molecule has 0 unspecified atom stereocenters. The standard InChI is InChI=1S/C11H25N2O4P/c1-5-8-9-13(10-11(14)12-4)18(15,16-6-2)17-7-3/h5-10H2,1-4H3,(H,12,14). The van der Waals surface area contributed by atoms with Gasteiger partial charge < -0.3 is 5.32 Å². The van der Waals surface area contributed by atoms with Gasteiger partial charge in [0.05, 0.1) is 19.8 Å². The molecule has 6 nitrogen and oxygen atoms in total. The number of hydrogen-bond donors (Lipinski definition) is 1. The summed E-state index contributed by atoms with van der Waals surface area (Å²) in [4.78, 5) is 11.5. The predicted molar refractivity (Wildman–Crippen MR) is 71.4 cm³/mol. The molecule has 1 N–H and O–H groups in total. The Kier molecular flexibility index (Phi) is 9.28. The normalized spacial score (nSPS) is 11.8. The summed E-state index contributed by atoms with van der Waals surface area (Å²) in [6.45, 7) is 6.65. The second kappa shape index (κ2) is 9.50. The van der Waals surface area contributed by atoms with Crippen LogP contribution in [0.5, 0.6) is 0 Å². The predicted octanol–water partition coefficient (Wildman–Crippen LogP) is 2.02. The van der Waals surface area contributed by atoms with Gasteiger partial charge in [-0.15, -0.1) is 0 Å². The molecule has 0 fully saturated rings. The smallest absolute Gasteiger partial charge is 0.358 e. The molecule has 0 saturated carbocycles. The van der Waals surface area contributed by atoms with Crippen LogP contribution in [0.3, 0.4) is 0 Å². The number of rotatable bonds is 10. The van der Waals surface area contributed by atoms with Gasteiger partial charge in [0.15, 0.2) is 0 Å². The third-order valence-corrected chi connectivity index (χ3v) is 4.51. The highest BCUT2D eigenvalue weighted by molar-refractivity contribution is 7.51. The molecule has 0 aromatic heterocycles. The van der Waals surface area contributed by atoms with Crippen molar-refractivity contribution in [3.8, 4) is 0 Å². The van der Waals surface area contributed by atoms with Gasteiger partial charge in [0.1, 0.15) is 0 Å². The van der Waals surface area contributed by atoms with Crippen molar-refractivity contribution in [2.45, 2.75) is 33.6 Å². The number of carbonyl (C=O) groups is 1. The van der Waals surface area contributed by atoms with Crippen LogP contribution in [0.25, 0.3) is 0 Å². The molecule has 0 aliphatic carbocycles. The van der Waals surface area contributed by atoms with E-state index in [9.17, 15) is 9.36 Å². The fourth-order valence-electron chi connectivity index (χ4n) is 1.40. The van der Waals surface area contributed by atoms with Crippen molar-refractivity contribution >= 4 is 13.7 Å². The van der Waals surface area contributed by atoms with E-state index in [1.165, 1.54) is 4.67 Å². The number of likely N-dealkylation sites (N-methyl/N-ethyl adjacent to an activating group) is 1. The van der Waals surface area contributed by atoms with Gasteiger partial charge in [0.25, 0.3) is 0 Å². The van der Waals surface area contributed by atoms with Crippen LogP contribution < -0.4 is 5.32 Å². The minimum atomic E-state index is -3.35. The summed E-state index contributed by atoms with van der Waals surface area (Å²) in [6.07, 6.45) is 1.78. The molecule has 0 bridgehead atoms. The molecule has 0 atom stereocenters. The molecular formula is C11H25N2O4P. The summed E-state index contributed by atoms with van der Waals surface area (Å²) in [5.41, 5.74) is 0. The molecule has 0 aromatic rings. The van der Waals surface area contributed by atoms with E-state index in [0.29, 0.717) is 6.54 Å². The van der Waals surface area contributed by atoms with Crippen LogP contribution >= 0.6 is 7.75 Å². The second-order valence-electron chi connectivity index (χ2n) is 3.72. The molecule has 18 heavy (non-hydrogen) atoms. The largest absolute Gasteiger partial charge is 0.408 e. The molecule has 0 saturated heterocycles. The van der Waals surface area contributed by atoms with Gasteiger partial charge >= 0.3 is 7.75 Å². The van der Waals surface area contributed by atoms with Gasteiger partial charge in [-0.1, -0.05) is 13.3 Å². The fraction of sp³-hybridized carbons (Fsp3) is 0.909. The van der Waals surface area contributed by atoms with E-state index < -0.39 is 7.75 Å². The van der Waals surface area contributed by atoms with Crippen molar-refractivity contribution in [1.29, 1.82) is 0 Å². The highest BCUT2D eigenvalue weighted by Gasteiger charge is 2.33. The molecule has 0 aliphatic rings. The minimum Gasteiger partial charge on any atom is -0.358 e. The van der Waals surface area contributed by atoms with Gasteiger partial charge in [0.2, 0.25) is 5.91 Å². The first kappa shape index (κ1) is 17.6. The van der Waals surface area contributed by atoms with E-state index in [-0.39, 0.29) is 25.7 Å². The van der Waals surface area contributed by atoms with Crippen molar-refractivity contribution in [2.75, 3.05) is 33.4 Å². The minimum absolute atomic E-state index is 0.0216. The Morgan fingerprint density at radius 2 is 1.78 bits per heavy atom. The quantitative estimate of drug-likeness (QED) is 0.620. The number of carbonyl (C=O) groups excluding carboxylic acids is 1. The molecule has 1 amide bonds. The molecule has 7 heteroatoms. The summed E-state index contributed by atoms with van der Waals surface area (Å²) in [5, 5.41) is 2.52. The van der Waals surface area contributed by atoms with Crippen molar-refractivity contribution < 1.29 is 18.4 Å². The third kappa shape index (κ3) is 5.96. The molecule has 0 heterocycles. The highest BCUT2D eigenvalue weighted by Crippen LogP contribution is 2.51. The number of nitrogens with zero attached hydrogens (tertiary/aromatic N) is 1. The molecule has 0 radical (unpaired) electrons. The van der Waals surface area contributed by atoms with Crippen molar-refractivity contribution in [2.24, 2.45) is 0 Å². The lowest BCUT2D eigenvalue weighted by atomic mass is 10.3. The maximum absolute atomic E-state index is 12.6. The average molecular weight is 280 g/mol. The van der Waals surface area contributed by atoms with Crippen LogP contribution in [-0.2, 0) is 18.4 Å². The van der Waals surface area contributed by atoms with Gasteiger partial charge in [0, 0.05) is 13.6 Å². The third-order valence-electron chi connectivity index (χ3n) is 2.31. The Hall–Kier alpha value is -0.420. The molecule has 0 aliphatic heterocycles. The Bertz CT molecular complexity index is 276. The molecular weight excluding hydrogens is 255 g/mol. The monoisotopic (exact) mass is 280 g/mol. The first-order valence-corrected chi connectivity index (χ1v) is 7.88. The lowest BCUT2D eigenvalue weighted by Gasteiger charge is -2.28. The van der Waals surface area contributed by atoms with Gasteiger partial charge in [-0.05, 0) is 20.3 Å². The van der Waals surface area contributed by atoms with E-state index in [4.69, 9.17) is 9.05 Å². The number of amides is 1. The van der Waals surface area contributed by atoms with E-state index in [1.54, 1.807) is 20.9 Å². The van der Waals surface area contributed by atoms with Crippen LogP contribution in [0.1, 0.15) is 33.6 Å². The summed E-state index contributed by atoms with van der Waals surface area (Å²) < 4.78 is 24.6. The maximum Gasteiger partial charge on any atom is 0.408 e. The van der Waals surface area contributed by atoms with Gasteiger partial charge in [-0.3, -0.25) is 13.8 Å². The van der Waals surface area contributed by atoms with Crippen LogP contribution in [0.2, 0.25) is 0 Å². The second-order valence-corrected chi connectivity index (χ2v) is 5.74. The van der Waals surface area contributed by atoms with E-state index in [1.807, 2.05) is 6.92 Å². The van der Waals surface area contributed by atoms with Gasteiger partial charge in [-0.2, -0.15) is 4.67 Å². The number of nitrogens with one attached hydrogen (secondary N) is 1. The van der Waals surface area contributed by atoms with Crippen LogP contribution in [0.4, 0.5) is 0 Å². The van der Waals surface area contributed by atoms with Crippen LogP contribution in [0.15, 0.2) is 0 Å².